The molecule has 1 aromatic rings. The zero-order chi connectivity index (χ0) is 16.8. The first kappa shape index (κ1) is 17.5. The molecule has 0 N–H and O–H groups in total. The average Bonchev–Trinajstić information content (AvgIpc) is 2.79. The van der Waals surface area contributed by atoms with Crippen LogP contribution in [0.3, 0.4) is 0 Å². The predicted octanol–water partition coefficient (Wildman–Crippen LogP) is 3.55. The molecule has 23 heavy (non-hydrogen) atoms. The molecule has 2 rings (SSSR count). The Balaban J connectivity index is 1.83. The Kier molecular flexibility index (Phi) is 6.20. The topological polar surface area (TPSA) is 46.6 Å². The van der Waals surface area contributed by atoms with Crippen LogP contribution >= 0.6 is 0 Å². The minimum atomic E-state index is 0.0249. The van der Waals surface area contributed by atoms with E-state index >= 15 is 0 Å². The molecule has 1 aliphatic heterocycles. The lowest BCUT2D eigenvalue weighted by molar-refractivity contribution is -0.133. The second kappa shape index (κ2) is 8.14. The summed E-state index contributed by atoms with van der Waals surface area (Å²) in [5.41, 5.74) is 0.649. The Bertz CT molecular complexity index is 536. The normalized spacial score (nSPS) is 18.6. The van der Waals surface area contributed by atoms with Crippen LogP contribution in [0.2, 0.25) is 0 Å². The molecule has 0 spiro atoms. The van der Waals surface area contributed by atoms with E-state index in [0.29, 0.717) is 23.1 Å². The molecular formula is C19H27NO3. The van der Waals surface area contributed by atoms with Gasteiger partial charge in [-0.2, -0.15) is 0 Å². The van der Waals surface area contributed by atoms with Crippen molar-refractivity contribution in [2.24, 2.45) is 11.8 Å². The monoisotopic (exact) mass is 317 g/mol. The van der Waals surface area contributed by atoms with Crippen LogP contribution in [0.15, 0.2) is 24.3 Å². The van der Waals surface area contributed by atoms with Crippen molar-refractivity contribution in [1.82, 2.24) is 4.90 Å². The summed E-state index contributed by atoms with van der Waals surface area (Å²) in [5.74, 6) is 2.09. The lowest BCUT2D eigenvalue weighted by Crippen LogP contribution is -2.35. The smallest absolute Gasteiger partial charge is 0.260 e. The molecule has 1 unspecified atom stereocenters. The van der Waals surface area contributed by atoms with E-state index in [-0.39, 0.29) is 18.3 Å². The zero-order valence-electron chi connectivity index (χ0n) is 14.4. The van der Waals surface area contributed by atoms with Crippen LogP contribution < -0.4 is 4.74 Å². The Hall–Kier alpha value is -1.84. The minimum absolute atomic E-state index is 0.0249. The number of amides is 1. The van der Waals surface area contributed by atoms with Crippen molar-refractivity contribution in [3.05, 3.63) is 29.8 Å². The quantitative estimate of drug-likeness (QED) is 0.780. The molecule has 0 saturated carbocycles. The first-order valence-corrected chi connectivity index (χ1v) is 8.49. The molecule has 1 saturated heterocycles. The lowest BCUT2D eigenvalue weighted by Gasteiger charge is -2.21. The number of likely N-dealkylation sites (tertiary alicyclic amines) is 1. The Morgan fingerprint density at radius 3 is 2.48 bits per heavy atom. The third-order valence-electron chi connectivity index (χ3n) is 4.69. The number of carbonyl (C=O) groups is 2. The van der Waals surface area contributed by atoms with Crippen molar-refractivity contribution in [2.75, 3.05) is 19.7 Å². The van der Waals surface area contributed by atoms with E-state index in [1.54, 1.807) is 24.3 Å². The molecule has 1 amide bonds. The lowest BCUT2D eigenvalue weighted by atomic mass is 9.89. The average molecular weight is 317 g/mol. The van der Waals surface area contributed by atoms with E-state index in [9.17, 15) is 9.59 Å². The Labute approximate surface area is 138 Å². The molecule has 0 radical (unpaired) electrons. The van der Waals surface area contributed by atoms with Gasteiger partial charge in [0.15, 0.2) is 12.4 Å². The van der Waals surface area contributed by atoms with Gasteiger partial charge in [-0.05, 0) is 62.3 Å². The van der Waals surface area contributed by atoms with Gasteiger partial charge < -0.3 is 9.64 Å². The van der Waals surface area contributed by atoms with E-state index in [2.05, 4.69) is 13.8 Å². The maximum atomic E-state index is 12.3. The molecular weight excluding hydrogens is 290 g/mol. The number of hydrogen-bond donors (Lipinski definition) is 0. The van der Waals surface area contributed by atoms with Crippen molar-refractivity contribution >= 4 is 11.7 Å². The summed E-state index contributed by atoms with van der Waals surface area (Å²) < 4.78 is 5.57. The molecule has 1 aliphatic rings. The van der Waals surface area contributed by atoms with E-state index in [1.807, 2.05) is 4.90 Å². The van der Waals surface area contributed by atoms with Crippen LogP contribution in [0, 0.1) is 11.8 Å². The van der Waals surface area contributed by atoms with Crippen molar-refractivity contribution in [2.45, 2.75) is 40.0 Å². The molecule has 1 fully saturated rings. The molecule has 1 heterocycles. The summed E-state index contributed by atoms with van der Waals surface area (Å²) in [5, 5.41) is 0. The number of ether oxygens (including phenoxy) is 1. The molecule has 1 aromatic carbocycles. The fourth-order valence-electron chi connectivity index (χ4n) is 3.06. The number of Topliss-reactive ketones (excluding diaryl/α,β-unsaturated/α-hetero) is 1. The molecule has 0 bridgehead atoms. The maximum Gasteiger partial charge on any atom is 0.260 e. The fourth-order valence-corrected chi connectivity index (χ4v) is 3.06. The SMILES string of the molecule is CC(=O)c1ccc(OCC(=O)N2CCCC(C(C)C)CC2)cc1. The summed E-state index contributed by atoms with van der Waals surface area (Å²) in [6.07, 6.45) is 3.35. The third kappa shape index (κ3) is 5.08. The van der Waals surface area contributed by atoms with Gasteiger partial charge in [-0.3, -0.25) is 9.59 Å². The third-order valence-corrected chi connectivity index (χ3v) is 4.69. The highest BCUT2D eigenvalue weighted by atomic mass is 16.5. The number of carbonyl (C=O) groups excluding carboxylic acids is 2. The molecule has 4 heteroatoms. The highest BCUT2D eigenvalue weighted by Crippen LogP contribution is 2.24. The fraction of sp³-hybridized carbons (Fsp3) is 0.579. The van der Waals surface area contributed by atoms with Crippen molar-refractivity contribution in [1.29, 1.82) is 0 Å². The number of rotatable bonds is 5. The predicted molar refractivity (Wildman–Crippen MR) is 90.7 cm³/mol. The number of ketones is 1. The van der Waals surface area contributed by atoms with Gasteiger partial charge in [0, 0.05) is 18.7 Å². The van der Waals surface area contributed by atoms with Crippen LogP contribution in [0.1, 0.15) is 50.4 Å². The van der Waals surface area contributed by atoms with Crippen molar-refractivity contribution < 1.29 is 14.3 Å². The number of benzene rings is 1. The molecule has 0 aliphatic carbocycles. The summed E-state index contributed by atoms with van der Waals surface area (Å²) in [6, 6.07) is 6.92. The van der Waals surface area contributed by atoms with Crippen molar-refractivity contribution in [3.8, 4) is 5.75 Å². The molecule has 4 nitrogen and oxygen atoms in total. The first-order chi connectivity index (χ1) is 11.0. The Morgan fingerprint density at radius 2 is 1.87 bits per heavy atom. The van der Waals surface area contributed by atoms with Gasteiger partial charge in [0.25, 0.3) is 5.91 Å². The van der Waals surface area contributed by atoms with Crippen LogP contribution in [-0.2, 0) is 4.79 Å². The van der Waals surface area contributed by atoms with Crippen LogP contribution in [-0.4, -0.2) is 36.3 Å². The molecule has 0 aromatic heterocycles. The van der Waals surface area contributed by atoms with Crippen LogP contribution in [0.5, 0.6) is 5.75 Å². The number of hydrogen-bond acceptors (Lipinski definition) is 3. The summed E-state index contributed by atoms with van der Waals surface area (Å²) in [6.45, 7) is 7.77. The molecule has 126 valence electrons. The van der Waals surface area contributed by atoms with Gasteiger partial charge in [-0.25, -0.2) is 0 Å². The second-order valence-electron chi connectivity index (χ2n) is 6.69. The largest absolute Gasteiger partial charge is 0.484 e. The van der Waals surface area contributed by atoms with E-state index in [4.69, 9.17) is 4.74 Å². The summed E-state index contributed by atoms with van der Waals surface area (Å²) >= 11 is 0. The van der Waals surface area contributed by atoms with Crippen LogP contribution in [0.4, 0.5) is 0 Å². The van der Waals surface area contributed by atoms with Gasteiger partial charge in [-0.1, -0.05) is 13.8 Å². The van der Waals surface area contributed by atoms with Gasteiger partial charge >= 0.3 is 0 Å². The maximum absolute atomic E-state index is 12.3. The van der Waals surface area contributed by atoms with E-state index in [0.717, 1.165) is 25.9 Å². The second-order valence-corrected chi connectivity index (χ2v) is 6.69. The van der Waals surface area contributed by atoms with Gasteiger partial charge in [0.05, 0.1) is 0 Å². The van der Waals surface area contributed by atoms with E-state index < -0.39 is 0 Å². The highest BCUT2D eigenvalue weighted by molar-refractivity contribution is 5.94. The highest BCUT2D eigenvalue weighted by Gasteiger charge is 2.22. The summed E-state index contributed by atoms with van der Waals surface area (Å²) in [7, 11) is 0. The molecule has 1 atom stereocenters. The van der Waals surface area contributed by atoms with E-state index in [1.165, 1.54) is 13.3 Å². The van der Waals surface area contributed by atoms with Gasteiger partial charge in [-0.15, -0.1) is 0 Å². The number of nitrogens with zero attached hydrogens (tertiary/aromatic N) is 1. The zero-order valence-corrected chi connectivity index (χ0v) is 14.4. The van der Waals surface area contributed by atoms with Crippen molar-refractivity contribution in [3.63, 3.8) is 0 Å². The Morgan fingerprint density at radius 1 is 1.17 bits per heavy atom. The standard InChI is InChI=1S/C19H27NO3/c1-14(2)16-5-4-11-20(12-10-16)19(22)13-23-18-8-6-17(7-9-18)15(3)21/h6-9,14,16H,4-5,10-13H2,1-3H3. The summed E-state index contributed by atoms with van der Waals surface area (Å²) in [4.78, 5) is 25.5. The minimum Gasteiger partial charge on any atom is -0.484 e. The van der Waals surface area contributed by atoms with Gasteiger partial charge in [0.2, 0.25) is 0 Å². The van der Waals surface area contributed by atoms with Crippen LogP contribution in [0.25, 0.3) is 0 Å². The first-order valence-electron chi connectivity index (χ1n) is 8.49. The van der Waals surface area contributed by atoms with Gasteiger partial charge in [0.1, 0.15) is 5.75 Å².